The molecule has 0 aliphatic carbocycles. The van der Waals surface area contributed by atoms with Crippen LogP contribution in [-0.2, 0) is 0 Å². The molecule has 0 saturated heterocycles. The summed E-state index contributed by atoms with van der Waals surface area (Å²) in [5.74, 6) is 0.618. The molecule has 0 aliphatic rings. The van der Waals surface area contributed by atoms with E-state index in [0.717, 1.165) is 5.75 Å². The first-order valence-corrected chi connectivity index (χ1v) is 6.64. The zero-order valence-corrected chi connectivity index (χ0v) is 12.0. The van der Waals surface area contributed by atoms with Gasteiger partial charge in [0.1, 0.15) is 5.75 Å². The lowest BCUT2D eigenvalue weighted by molar-refractivity contribution is 0.0923. The molecule has 106 valence electrons. The lowest BCUT2D eigenvalue weighted by atomic mass is 10.1. The van der Waals surface area contributed by atoms with Crippen LogP contribution in [0.2, 0.25) is 0 Å². The van der Waals surface area contributed by atoms with E-state index in [1.54, 1.807) is 31.2 Å². The van der Waals surface area contributed by atoms with Crippen molar-refractivity contribution in [2.75, 3.05) is 0 Å². The molecule has 0 fully saturated rings. The minimum Gasteiger partial charge on any atom is -0.491 e. The van der Waals surface area contributed by atoms with E-state index in [1.165, 1.54) is 0 Å². The first-order valence-electron chi connectivity index (χ1n) is 6.64. The van der Waals surface area contributed by atoms with Crippen LogP contribution in [0.4, 0.5) is 0 Å². The van der Waals surface area contributed by atoms with Crippen molar-refractivity contribution in [1.29, 1.82) is 0 Å². The lowest BCUT2D eigenvalue weighted by Gasteiger charge is -2.15. The van der Waals surface area contributed by atoms with Crippen LogP contribution in [0.1, 0.15) is 44.5 Å². The summed E-state index contributed by atoms with van der Waals surface area (Å²) in [4.78, 5) is 11.9. The summed E-state index contributed by atoms with van der Waals surface area (Å²) in [7, 11) is 0. The second kappa shape index (κ2) is 7.14. The van der Waals surface area contributed by atoms with Gasteiger partial charge in [-0.3, -0.25) is 4.79 Å². The van der Waals surface area contributed by atoms with Gasteiger partial charge in [0.05, 0.1) is 12.2 Å². The number of hydrogen-bond acceptors (Lipinski definition) is 3. The Kier molecular flexibility index (Phi) is 5.83. The highest BCUT2D eigenvalue weighted by Gasteiger charge is 2.11. The summed E-state index contributed by atoms with van der Waals surface area (Å²) in [5.41, 5.74) is 0.591. The number of benzene rings is 1. The van der Waals surface area contributed by atoms with Crippen molar-refractivity contribution in [1.82, 2.24) is 5.32 Å². The van der Waals surface area contributed by atoms with Crippen molar-refractivity contribution in [2.24, 2.45) is 0 Å². The van der Waals surface area contributed by atoms with Gasteiger partial charge in [-0.15, -0.1) is 0 Å². The molecule has 0 heterocycles. The molecular weight excluding hydrogens is 242 g/mol. The van der Waals surface area contributed by atoms with Gasteiger partial charge < -0.3 is 15.2 Å². The van der Waals surface area contributed by atoms with Crippen molar-refractivity contribution < 1.29 is 14.6 Å². The van der Waals surface area contributed by atoms with Gasteiger partial charge in [-0.25, -0.2) is 0 Å². The third-order valence-electron chi connectivity index (χ3n) is 2.56. The number of carbonyl (C=O) groups excluding carboxylic acids is 1. The first-order chi connectivity index (χ1) is 8.88. The standard InChI is InChI=1S/C15H23NO3/c1-10(2)19-14-7-5-13(6-8-14)15(18)16-11(3)9-12(4)17/h5-8,10-12,17H,9H2,1-4H3,(H,16,18). The maximum Gasteiger partial charge on any atom is 0.251 e. The molecule has 1 rings (SSSR count). The van der Waals surface area contributed by atoms with Crippen LogP contribution in [0, 0.1) is 0 Å². The summed E-state index contributed by atoms with van der Waals surface area (Å²) in [6, 6.07) is 6.99. The molecule has 0 bridgehead atoms. The molecule has 0 saturated carbocycles. The normalized spacial score (nSPS) is 14.0. The van der Waals surface area contributed by atoms with Crippen LogP contribution in [-0.4, -0.2) is 29.3 Å². The molecule has 0 spiro atoms. The number of rotatable bonds is 6. The number of aliphatic hydroxyl groups is 1. The molecule has 4 nitrogen and oxygen atoms in total. The van der Waals surface area contributed by atoms with Gasteiger partial charge in [-0.05, 0) is 58.4 Å². The number of amides is 1. The Balaban J connectivity index is 2.57. The topological polar surface area (TPSA) is 58.6 Å². The van der Waals surface area contributed by atoms with Gasteiger partial charge in [0.25, 0.3) is 5.91 Å². The average molecular weight is 265 g/mol. The Morgan fingerprint density at radius 1 is 1.21 bits per heavy atom. The van der Waals surface area contributed by atoms with Gasteiger partial charge in [-0.1, -0.05) is 0 Å². The molecule has 19 heavy (non-hydrogen) atoms. The van der Waals surface area contributed by atoms with E-state index in [-0.39, 0.29) is 18.1 Å². The number of hydrogen-bond donors (Lipinski definition) is 2. The minimum absolute atomic E-state index is 0.0564. The maximum absolute atomic E-state index is 11.9. The molecule has 0 radical (unpaired) electrons. The van der Waals surface area contributed by atoms with Crippen LogP contribution in [0.15, 0.2) is 24.3 Å². The molecule has 2 N–H and O–H groups in total. The van der Waals surface area contributed by atoms with Crippen molar-refractivity contribution in [3.8, 4) is 5.75 Å². The molecule has 0 aromatic heterocycles. The maximum atomic E-state index is 11.9. The van der Waals surface area contributed by atoms with Gasteiger partial charge in [0.15, 0.2) is 0 Å². The monoisotopic (exact) mass is 265 g/mol. The fraction of sp³-hybridized carbons (Fsp3) is 0.533. The largest absolute Gasteiger partial charge is 0.491 e. The third kappa shape index (κ3) is 5.75. The SMILES string of the molecule is CC(O)CC(C)NC(=O)c1ccc(OC(C)C)cc1. The van der Waals surface area contributed by atoms with Gasteiger partial charge >= 0.3 is 0 Å². The lowest BCUT2D eigenvalue weighted by Crippen LogP contribution is -2.34. The van der Waals surface area contributed by atoms with E-state index in [0.29, 0.717) is 12.0 Å². The molecule has 0 aliphatic heterocycles. The highest BCUT2D eigenvalue weighted by atomic mass is 16.5. The summed E-state index contributed by atoms with van der Waals surface area (Å²) in [6.07, 6.45) is 0.239. The van der Waals surface area contributed by atoms with Gasteiger partial charge in [0, 0.05) is 11.6 Å². The quantitative estimate of drug-likeness (QED) is 0.830. The van der Waals surface area contributed by atoms with E-state index in [9.17, 15) is 9.90 Å². The van der Waals surface area contributed by atoms with E-state index in [2.05, 4.69) is 5.32 Å². The first kappa shape index (κ1) is 15.5. The number of carbonyl (C=O) groups is 1. The second-order valence-corrected chi connectivity index (χ2v) is 5.15. The van der Waals surface area contributed by atoms with Crippen molar-refractivity contribution in [2.45, 2.75) is 52.4 Å². The third-order valence-corrected chi connectivity index (χ3v) is 2.56. The Morgan fingerprint density at radius 2 is 1.79 bits per heavy atom. The van der Waals surface area contributed by atoms with E-state index in [4.69, 9.17) is 4.74 Å². The predicted molar refractivity (Wildman–Crippen MR) is 75.4 cm³/mol. The summed E-state index contributed by atoms with van der Waals surface area (Å²) < 4.78 is 5.52. The van der Waals surface area contributed by atoms with Crippen LogP contribution < -0.4 is 10.1 Å². The Bertz CT molecular complexity index is 398. The molecule has 2 atom stereocenters. The van der Waals surface area contributed by atoms with Crippen molar-refractivity contribution in [3.05, 3.63) is 29.8 Å². The van der Waals surface area contributed by atoms with Crippen LogP contribution >= 0.6 is 0 Å². The minimum atomic E-state index is -0.419. The highest BCUT2D eigenvalue weighted by Crippen LogP contribution is 2.14. The number of ether oxygens (including phenoxy) is 1. The molecule has 2 unspecified atom stereocenters. The van der Waals surface area contributed by atoms with Crippen molar-refractivity contribution >= 4 is 5.91 Å². The summed E-state index contributed by atoms with van der Waals surface area (Å²) >= 11 is 0. The Labute approximate surface area is 114 Å². The van der Waals surface area contributed by atoms with E-state index < -0.39 is 6.10 Å². The zero-order chi connectivity index (χ0) is 14.4. The van der Waals surface area contributed by atoms with E-state index >= 15 is 0 Å². The second-order valence-electron chi connectivity index (χ2n) is 5.15. The average Bonchev–Trinajstić information content (AvgIpc) is 2.27. The zero-order valence-electron chi connectivity index (χ0n) is 12.0. The van der Waals surface area contributed by atoms with Crippen molar-refractivity contribution in [3.63, 3.8) is 0 Å². The molecule has 1 aromatic carbocycles. The van der Waals surface area contributed by atoms with Crippen LogP contribution in [0.25, 0.3) is 0 Å². The Morgan fingerprint density at radius 3 is 2.26 bits per heavy atom. The predicted octanol–water partition coefficient (Wildman–Crippen LogP) is 2.36. The molecule has 1 amide bonds. The summed E-state index contributed by atoms with van der Waals surface area (Å²) in [6.45, 7) is 7.50. The summed E-state index contributed by atoms with van der Waals surface area (Å²) in [5, 5.41) is 12.1. The molecule has 1 aromatic rings. The fourth-order valence-corrected chi connectivity index (χ4v) is 1.83. The molecular formula is C15H23NO3. The van der Waals surface area contributed by atoms with Crippen LogP contribution in [0.3, 0.4) is 0 Å². The van der Waals surface area contributed by atoms with Gasteiger partial charge in [-0.2, -0.15) is 0 Å². The fourth-order valence-electron chi connectivity index (χ4n) is 1.83. The number of nitrogens with one attached hydrogen (secondary N) is 1. The van der Waals surface area contributed by atoms with Crippen LogP contribution in [0.5, 0.6) is 5.75 Å². The highest BCUT2D eigenvalue weighted by molar-refractivity contribution is 5.94. The number of aliphatic hydroxyl groups excluding tert-OH is 1. The Hall–Kier alpha value is -1.55. The van der Waals surface area contributed by atoms with E-state index in [1.807, 2.05) is 20.8 Å². The van der Waals surface area contributed by atoms with Gasteiger partial charge in [0.2, 0.25) is 0 Å². The smallest absolute Gasteiger partial charge is 0.251 e. The molecule has 4 heteroatoms.